The minimum atomic E-state index is -0.240. The third-order valence-electron chi connectivity index (χ3n) is 4.69. The van der Waals surface area contributed by atoms with Crippen molar-refractivity contribution in [3.63, 3.8) is 0 Å². The fourth-order valence-corrected chi connectivity index (χ4v) is 3.24. The fraction of sp³-hybridized carbons (Fsp3) is 0.417. The van der Waals surface area contributed by atoms with Crippen molar-refractivity contribution in [2.75, 3.05) is 11.9 Å². The summed E-state index contributed by atoms with van der Waals surface area (Å²) in [6.45, 7) is 7.16. The number of carbonyl (C=O) groups is 1. The van der Waals surface area contributed by atoms with Crippen LogP contribution in [0.25, 0.3) is 0 Å². The summed E-state index contributed by atoms with van der Waals surface area (Å²) in [4.78, 5) is 12.5. The highest BCUT2D eigenvalue weighted by molar-refractivity contribution is 7.80. The number of ether oxygens (including phenoxy) is 1. The van der Waals surface area contributed by atoms with Crippen LogP contribution >= 0.6 is 12.2 Å². The zero-order valence-corrected chi connectivity index (χ0v) is 18.5. The van der Waals surface area contributed by atoms with Gasteiger partial charge in [-0.25, -0.2) is 0 Å². The standard InChI is InChI=1S/C24H32N2O2S/c1-4-5-6-7-10-17-28-20-15-13-19(14-16-20)23(27)26-24(29)25-22-12-9-8-11-21(22)18(2)3/h8-9,11-16,18H,4-7,10,17H2,1-3H3,(H2,25,26,27,29). The number of anilines is 1. The third-order valence-corrected chi connectivity index (χ3v) is 4.90. The lowest BCUT2D eigenvalue weighted by Crippen LogP contribution is -2.34. The van der Waals surface area contributed by atoms with Crippen LogP contribution < -0.4 is 15.4 Å². The van der Waals surface area contributed by atoms with E-state index in [1.165, 1.54) is 25.7 Å². The second-order valence-electron chi connectivity index (χ2n) is 7.44. The van der Waals surface area contributed by atoms with Crippen LogP contribution in [-0.2, 0) is 0 Å². The molecule has 0 unspecified atom stereocenters. The van der Waals surface area contributed by atoms with E-state index in [0.717, 1.165) is 23.4 Å². The number of para-hydroxylation sites is 1. The number of unbranched alkanes of at least 4 members (excludes halogenated alkanes) is 4. The topological polar surface area (TPSA) is 50.4 Å². The third kappa shape index (κ3) is 7.86. The summed E-state index contributed by atoms with van der Waals surface area (Å²) in [7, 11) is 0. The molecule has 2 rings (SSSR count). The molecule has 29 heavy (non-hydrogen) atoms. The molecule has 0 aliphatic carbocycles. The van der Waals surface area contributed by atoms with E-state index in [2.05, 4.69) is 37.5 Å². The fourth-order valence-electron chi connectivity index (χ4n) is 3.04. The molecule has 5 heteroatoms. The minimum Gasteiger partial charge on any atom is -0.494 e. The van der Waals surface area contributed by atoms with Crippen molar-refractivity contribution in [3.05, 3.63) is 59.7 Å². The number of carbonyl (C=O) groups excluding carboxylic acids is 1. The zero-order chi connectivity index (χ0) is 21.1. The maximum atomic E-state index is 12.5. The molecule has 0 aliphatic heterocycles. The minimum absolute atomic E-state index is 0.240. The van der Waals surface area contributed by atoms with E-state index >= 15 is 0 Å². The predicted molar refractivity (Wildman–Crippen MR) is 125 cm³/mol. The van der Waals surface area contributed by atoms with Crippen LogP contribution in [0.5, 0.6) is 5.75 Å². The summed E-state index contributed by atoms with van der Waals surface area (Å²) in [6, 6.07) is 15.1. The molecule has 0 spiro atoms. The molecular formula is C24H32N2O2S. The normalized spacial score (nSPS) is 10.6. The Hall–Kier alpha value is -2.40. The van der Waals surface area contributed by atoms with E-state index < -0.39 is 0 Å². The van der Waals surface area contributed by atoms with Gasteiger partial charge in [0.05, 0.1) is 6.61 Å². The smallest absolute Gasteiger partial charge is 0.257 e. The summed E-state index contributed by atoms with van der Waals surface area (Å²) < 4.78 is 5.75. The average Bonchev–Trinajstić information content (AvgIpc) is 2.71. The summed E-state index contributed by atoms with van der Waals surface area (Å²) >= 11 is 5.32. The Kier molecular flexibility index (Phi) is 9.65. The van der Waals surface area contributed by atoms with Crippen molar-refractivity contribution < 1.29 is 9.53 Å². The Morgan fingerprint density at radius 1 is 1.00 bits per heavy atom. The Morgan fingerprint density at radius 2 is 1.69 bits per heavy atom. The van der Waals surface area contributed by atoms with E-state index in [9.17, 15) is 4.79 Å². The molecule has 2 N–H and O–H groups in total. The lowest BCUT2D eigenvalue weighted by molar-refractivity contribution is 0.0977. The predicted octanol–water partition coefficient (Wildman–Crippen LogP) is 6.29. The van der Waals surface area contributed by atoms with E-state index in [1.54, 1.807) is 12.1 Å². The summed E-state index contributed by atoms with van der Waals surface area (Å²) in [5, 5.41) is 6.16. The first-order valence-corrected chi connectivity index (χ1v) is 10.9. The van der Waals surface area contributed by atoms with Crippen molar-refractivity contribution in [3.8, 4) is 5.75 Å². The molecule has 0 bridgehead atoms. The first kappa shape index (κ1) is 22.9. The van der Waals surface area contributed by atoms with Crippen LogP contribution in [0.15, 0.2) is 48.5 Å². The monoisotopic (exact) mass is 412 g/mol. The van der Waals surface area contributed by atoms with Gasteiger partial charge in [-0.15, -0.1) is 0 Å². The van der Waals surface area contributed by atoms with Gasteiger partial charge in [-0.1, -0.05) is 64.7 Å². The molecule has 0 heterocycles. The quantitative estimate of drug-likeness (QED) is 0.356. The summed E-state index contributed by atoms with van der Waals surface area (Å²) in [5.41, 5.74) is 2.61. The maximum absolute atomic E-state index is 12.5. The van der Waals surface area contributed by atoms with E-state index in [4.69, 9.17) is 17.0 Å². The van der Waals surface area contributed by atoms with Gasteiger partial charge in [0.25, 0.3) is 5.91 Å². The molecule has 0 saturated carbocycles. The van der Waals surface area contributed by atoms with Gasteiger partial charge in [-0.05, 0) is 60.5 Å². The van der Waals surface area contributed by atoms with Crippen molar-refractivity contribution in [2.45, 2.75) is 58.8 Å². The Balaban J connectivity index is 1.82. The van der Waals surface area contributed by atoms with Crippen LogP contribution in [0.2, 0.25) is 0 Å². The number of amides is 1. The molecule has 4 nitrogen and oxygen atoms in total. The van der Waals surface area contributed by atoms with Gasteiger partial charge >= 0.3 is 0 Å². The Labute approximate surface area is 180 Å². The second kappa shape index (κ2) is 12.2. The number of thiocarbonyl (C=S) groups is 1. The molecule has 0 saturated heterocycles. The van der Waals surface area contributed by atoms with Crippen molar-refractivity contribution in [2.24, 2.45) is 0 Å². The van der Waals surface area contributed by atoms with Crippen LogP contribution in [-0.4, -0.2) is 17.6 Å². The number of nitrogens with one attached hydrogen (secondary N) is 2. The molecule has 2 aromatic carbocycles. The number of hydrogen-bond acceptors (Lipinski definition) is 3. The van der Waals surface area contributed by atoms with E-state index in [-0.39, 0.29) is 11.0 Å². The first-order valence-electron chi connectivity index (χ1n) is 10.5. The molecule has 0 fully saturated rings. The largest absolute Gasteiger partial charge is 0.494 e. The highest BCUT2D eigenvalue weighted by atomic mass is 32.1. The molecular weight excluding hydrogens is 380 g/mol. The molecule has 0 atom stereocenters. The van der Waals surface area contributed by atoms with Crippen LogP contribution in [0.1, 0.15) is 74.7 Å². The zero-order valence-electron chi connectivity index (χ0n) is 17.7. The molecule has 2 aromatic rings. The van der Waals surface area contributed by atoms with Gasteiger partial charge < -0.3 is 10.1 Å². The van der Waals surface area contributed by atoms with Gasteiger partial charge in [0.15, 0.2) is 5.11 Å². The van der Waals surface area contributed by atoms with Crippen LogP contribution in [0.3, 0.4) is 0 Å². The Bertz CT molecular complexity index is 788. The highest BCUT2D eigenvalue weighted by Crippen LogP contribution is 2.23. The van der Waals surface area contributed by atoms with Crippen molar-refractivity contribution in [1.29, 1.82) is 0 Å². The molecule has 156 valence electrons. The number of rotatable bonds is 10. The first-order chi connectivity index (χ1) is 14.0. The molecule has 0 aromatic heterocycles. The number of hydrogen-bond donors (Lipinski definition) is 2. The maximum Gasteiger partial charge on any atom is 0.257 e. The summed E-state index contributed by atoms with van der Waals surface area (Å²) in [6.07, 6.45) is 6.03. The average molecular weight is 413 g/mol. The van der Waals surface area contributed by atoms with Gasteiger partial charge in [0.1, 0.15) is 5.75 Å². The van der Waals surface area contributed by atoms with Gasteiger partial charge in [0, 0.05) is 11.3 Å². The van der Waals surface area contributed by atoms with Crippen molar-refractivity contribution in [1.82, 2.24) is 5.32 Å². The van der Waals surface area contributed by atoms with Gasteiger partial charge in [-0.2, -0.15) is 0 Å². The van der Waals surface area contributed by atoms with Crippen molar-refractivity contribution >= 4 is 28.9 Å². The molecule has 0 aliphatic rings. The second-order valence-corrected chi connectivity index (χ2v) is 7.85. The highest BCUT2D eigenvalue weighted by Gasteiger charge is 2.11. The van der Waals surface area contributed by atoms with Crippen LogP contribution in [0.4, 0.5) is 5.69 Å². The number of benzene rings is 2. The van der Waals surface area contributed by atoms with Gasteiger partial charge in [0.2, 0.25) is 0 Å². The van der Waals surface area contributed by atoms with Gasteiger partial charge in [-0.3, -0.25) is 10.1 Å². The molecule has 0 radical (unpaired) electrons. The SMILES string of the molecule is CCCCCCCOc1ccc(C(=O)NC(=S)Nc2ccccc2C(C)C)cc1. The van der Waals surface area contributed by atoms with E-state index in [0.29, 0.717) is 18.1 Å². The molecule has 1 amide bonds. The summed E-state index contributed by atoms with van der Waals surface area (Å²) in [5.74, 6) is 0.899. The van der Waals surface area contributed by atoms with E-state index in [1.807, 2.05) is 30.3 Å². The lowest BCUT2D eigenvalue weighted by atomic mass is 10.0. The Morgan fingerprint density at radius 3 is 2.38 bits per heavy atom. The van der Waals surface area contributed by atoms with Crippen LogP contribution in [0, 0.1) is 0 Å². The lowest BCUT2D eigenvalue weighted by Gasteiger charge is -2.15.